The molecule has 0 aliphatic rings. The molecule has 2 rings (SSSR count). The van der Waals surface area contributed by atoms with E-state index < -0.39 is 5.25 Å². The molecule has 1 aromatic heterocycles. The standard InChI is InChI=1S/C21H23N5OS/c1-14(28-19-17(12-23)10-16(11-22)18(24)25-19)20(27)26(21(2,3)4)13-15-8-6-5-7-9-15/h5-10,14H,13H2,1-4H3,(H2,24,25)/p+1/t14-/m0/s1. The number of aromatic nitrogens is 1. The maximum Gasteiger partial charge on any atom is 0.289 e. The maximum absolute atomic E-state index is 13.2. The Morgan fingerprint density at radius 3 is 2.36 bits per heavy atom. The molecular weight excluding hydrogens is 370 g/mol. The third-order valence-electron chi connectivity index (χ3n) is 4.21. The zero-order valence-corrected chi connectivity index (χ0v) is 17.3. The largest absolute Gasteiger partial charge is 0.333 e. The van der Waals surface area contributed by atoms with Crippen LogP contribution < -0.4 is 10.7 Å². The van der Waals surface area contributed by atoms with Gasteiger partial charge in [0.15, 0.2) is 5.03 Å². The average Bonchev–Trinajstić information content (AvgIpc) is 2.65. The van der Waals surface area contributed by atoms with Gasteiger partial charge in [-0.2, -0.15) is 10.5 Å². The summed E-state index contributed by atoms with van der Waals surface area (Å²) in [4.78, 5) is 17.9. The molecule has 0 bridgehead atoms. The number of nitriles is 2. The van der Waals surface area contributed by atoms with E-state index in [0.29, 0.717) is 17.1 Å². The van der Waals surface area contributed by atoms with Gasteiger partial charge in [0.1, 0.15) is 23.3 Å². The third-order valence-corrected chi connectivity index (χ3v) is 5.33. The molecule has 0 saturated heterocycles. The number of aromatic amines is 1. The number of thioether (sulfide) groups is 1. The lowest BCUT2D eigenvalue weighted by Crippen LogP contribution is -2.48. The number of amides is 1. The van der Waals surface area contributed by atoms with Crippen LogP contribution in [0.15, 0.2) is 41.4 Å². The highest BCUT2D eigenvalue weighted by Crippen LogP contribution is 2.28. The molecule has 7 heteroatoms. The van der Waals surface area contributed by atoms with Crippen LogP contribution >= 0.6 is 11.8 Å². The second-order valence-electron chi connectivity index (χ2n) is 7.40. The van der Waals surface area contributed by atoms with Crippen molar-refractivity contribution < 1.29 is 9.78 Å². The minimum Gasteiger partial charge on any atom is -0.333 e. The third kappa shape index (κ3) is 5.03. The Labute approximate surface area is 170 Å². The lowest BCUT2D eigenvalue weighted by atomic mass is 10.0. The molecule has 2 aromatic rings. The first kappa shape index (κ1) is 21.3. The van der Waals surface area contributed by atoms with Gasteiger partial charge in [0.25, 0.3) is 5.82 Å². The van der Waals surface area contributed by atoms with Crippen molar-refractivity contribution in [1.82, 2.24) is 4.90 Å². The summed E-state index contributed by atoms with van der Waals surface area (Å²) in [6.45, 7) is 8.30. The van der Waals surface area contributed by atoms with E-state index in [0.717, 1.165) is 5.56 Å². The highest BCUT2D eigenvalue weighted by Gasteiger charge is 2.31. The Kier molecular flexibility index (Phi) is 6.66. The van der Waals surface area contributed by atoms with Gasteiger partial charge in [-0.3, -0.25) is 10.5 Å². The maximum atomic E-state index is 13.2. The van der Waals surface area contributed by atoms with Crippen molar-refractivity contribution in [3.8, 4) is 12.1 Å². The fraction of sp³-hybridized carbons (Fsp3) is 0.333. The molecule has 0 spiro atoms. The number of pyridine rings is 1. The van der Waals surface area contributed by atoms with E-state index in [1.807, 2.05) is 62.1 Å². The molecule has 144 valence electrons. The van der Waals surface area contributed by atoms with E-state index in [-0.39, 0.29) is 22.8 Å². The van der Waals surface area contributed by atoms with E-state index in [2.05, 4.69) is 11.1 Å². The van der Waals surface area contributed by atoms with Gasteiger partial charge in [-0.05, 0) is 39.3 Å². The Morgan fingerprint density at radius 2 is 1.82 bits per heavy atom. The number of anilines is 1. The summed E-state index contributed by atoms with van der Waals surface area (Å²) >= 11 is 1.23. The van der Waals surface area contributed by atoms with E-state index >= 15 is 0 Å². The molecule has 0 unspecified atom stereocenters. The summed E-state index contributed by atoms with van der Waals surface area (Å²) in [5.74, 6) is 0.141. The van der Waals surface area contributed by atoms with Gasteiger partial charge in [0.05, 0.1) is 5.25 Å². The predicted octanol–water partition coefficient (Wildman–Crippen LogP) is 3.13. The number of carbonyl (C=O) groups is 1. The number of nitrogen functional groups attached to an aromatic ring is 1. The molecule has 0 saturated carbocycles. The topological polar surface area (TPSA) is 108 Å². The summed E-state index contributed by atoms with van der Waals surface area (Å²) < 4.78 is 0. The van der Waals surface area contributed by atoms with Crippen molar-refractivity contribution in [3.05, 3.63) is 53.1 Å². The smallest absolute Gasteiger partial charge is 0.289 e. The van der Waals surface area contributed by atoms with Gasteiger partial charge in [0.2, 0.25) is 5.91 Å². The minimum atomic E-state index is -0.446. The lowest BCUT2D eigenvalue weighted by molar-refractivity contribution is -0.410. The van der Waals surface area contributed by atoms with Crippen LogP contribution in [-0.2, 0) is 11.3 Å². The van der Waals surface area contributed by atoms with E-state index in [1.54, 1.807) is 6.92 Å². The van der Waals surface area contributed by atoms with Gasteiger partial charge >= 0.3 is 0 Å². The van der Waals surface area contributed by atoms with E-state index in [4.69, 9.17) is 11.0 Å². The molecule has 0 aliphatic carbocycles. The SMILES string of the molecule is C[C@H](Sc1[nH+]c(N)c(C#N)cc1C#N)C(=O)N(Cc1ccccc1)C(C)(C)C. The number of benzene rings is 1. The Balaban J connectivity index is 2.28. The predicted molar refractivity (Wildman–Crippen MR) is 109 cm³/mol. The number of nitrogens with zero attached hydrogens (tertiary/aromatic N) is 3. The number of hydrogen-bond acceptors (Lipinski definition) is 5. The van der Waals surface area contributed by atoms with Gasteiger partial charge in [-0.25, -0.2) is 4.98 Å². The molecule has 0 radical (unpaired) electrons. The van der Waals surface area contributed by atoms with Crippen molar-refractivity contribution >= 4 is 23.5 Å². The number of H-pyrrole nitrogens is 1. The number of nitrogens with one attached hydrogen (secondary N) is 1. The quantitative estimate of drug-likeness (QED) is 0.784. The Hall–Kier alpha value is -3.03. The highest BCUT2D eigenvalue weighted by atomic mass is 32.2. The molecule has 1 amide bonds. The molecule has 1 aromatic carbocycles. The average molecular weight is 395 g/mol. The van der Waals surface area contributed by atoms with Crippen molar-refractivity contribution in [2.45, 2.75) is 50.1 Å². The van der Waals surface area contributed by atoms with Crippen LogP contribution in [0.2, 0.25) is 0 Å². The van der Waals surface area contributed by atoms with Crippen molar-refractivity contribution in [2.24, 2.45) is 0 Å². The number of nitrogens with two attached hydrogens (primary N) is 1. The van der Waals surface area contributed by atoms with E-state index in [9.17, 15) is 10.1 Å². The van der Waals surface area contributed by atoms with Crippen LogP contribution in [0.5, 0.6) is 0 Å². The lowest BCUT2D eigenvalue weighted by Gasteiger charge is -2.37. The molecule has 6 nitrogen and oxygen atoms in total. The van der Waals surface area contributed by atoms with Gasteiger partial charge in [-0.15, -0.1) is 0 Å². The number of carbonyl (C=O) groups excluding carboxylic acids is 1. The Morgan fingerprint density at radius 1 is 1.21 bits per heavy atom. The fourth-order valence-electron chi connectivity index (χ4n) is 2.67. The summed E-state index contributed by atoms with van der Waals surface area (Å²) in [5, 5.41) is 18.5. The fourth-order valence-corrected chi connectivity index (χ4v) is 3.65. The first-order valence-corrected chi connectivity index (χ1v) is 9.73. The van der Waals surface area contributed by atoms with Crippen molar-refractivity contribution in [3.63, 3.8) is 0 Å². The molecule has 1 heterocycles. The van der Waals surface area contributed by atoms with E-state index in [1.165, 1.54) is 17.8 Å². The molecule has 1 atom stereocenters. The van der Waals surface area contributed by atoms with Crippen LogP contribution in [0.25, 0.3) is 0 Å². The van der Waals surface area contributed by atoms with Crippen LogP contribution in [0.4, 0.5) is 5.82 Å². The first-order chi connectivity index (χ1) is 13.2. The van der Waals surface area contributed by atoms with Crippen LogP contribution in [0, 0.1) is 22.7 Å². The van der Waals surface area contributed by atoms with Crippen LogP contribution in [0.3, 0.4) is 0 Å². The molecule has 0 aliphatic heterocycles. The van der Waals surface area contributed by atoms with Gasteiger partial charge in [-0.1, -0.05) is 42.1 Å². The van der Waals surface area contributed by atoms with Crippen LogP contribution in [-0.4, -0.2) is 21.6 Å². The zero-order valence-electron chi connectivity index (χ0n) is 16.5. The highest BCUT2D eigenvalue weighted by molar-refractivity contribution is 8.00. The summed E-state index contributed by atoms with van der Waals surface area (Å²) in [6.07, 6.45) is 0. The molecule has 28 heavy (non-hydrogen) atoms. The van der Waals surface area contributed by atoms with Gasteiger partial charge < -0.3 is 4.90 Å². The monoisotopic (exact) mass is 394 g/mol. The second kappa shape index (κ2) is 8.77. The van der Waals surface area contributed by atoms with Crippen molar-refractivity contribution in [2.75, 3.05) is 5.73 Å². The number of rotatable bonds is 5. The summed E-state index contributed by atoms with van der Waals surface area (Å²) in [6, 6.07) is 15.3. The molecule has 3 N–H and O–H groups in total. The number of hydrogen-bond donors (Lipinski definition) is 1. The van der Waals surface area contributed by atoms with Crippen molar-refractivity contribution in [1.29, 1.82) is 10.5 Å². The summed E-state index contributed by atoms with van der Waals surface area (Å²) in [5.41, 5.74) is 7.03. The molecule has 0 fully saturated rings. The second-order valence-corrected chi connectivity index (χ2v) is 8.76. The van der Waals surface area contributed by atoms with Crippen LogP contribution in [0.1, 0.15) is 44.4 Å². The minimum absolute atomic E-state index is 0.0402. The van der Waals surface area contributed by atoms with Gasteiger partial charge in [0, 0.05) is 12.1 Å². The zero-order chi connectivity index (χ0) is 20.9. The normalized spacial score (nSPS) is 11.9. The molecular formula is C21H24N5OS+. The summed E-state index contributed by atoms with van der Waals surface area (Å²) in [7, 11) is 0. The Bertz CT molecular complexity index is 938. The first-order valence-electron chi connectivity index (χ1n) is 8.85.